The second-order valence-corrected chi connectivity index (χ2v) is 5.45. The second kappa shape index (κ2) is 5.09. The number of halogens is 1. The third-order valence-corrected chi connectivity index (χ3v) is 3.69. The molecule has 0 radical (unpaired) electrons. The molecule has 2 unspecified atom stereocenters. The number of aliphatic imine (C=N–C) groups is 1. The van der Waals surface area contributed by atoms with Crippen molar-refractivity contribution >= 4 is 21.9 Å². The molecule has 0 spiro atoms. The molecule has 1 aromatic heterocycles. The van der Waals surface area contributed by atoms with E-state index in [1.54, 1.807) is 6.26 Å². The Kier molecular flexibility index (Phi) is 3.29. The van der Waals surface area contributed by atoms with Crippen molar-refractivity contribution in [1.29, 1.82) is 0 Å². The zero-order valence-corrected chi connectivity index (χ0v) is 11.8. The Morgan fingerprint density at radius 2 is 2.21 bits per heavy atom. The maximum absolute atomic E-state index is 5.88. The van der Waals surface area contributed by atoms with Crippen molar-refractivity contribution < 1.29 is 4.42 Å². The predicted molar refractivity (Wildman–Crippen MR) is 77.7 cm³/mol. The van der Waals surface area contributed by atoms with E-state index < -0.39 is 0 Å². The number of guanidine groups is 1. The van der Waals surface area contributed by atoms with Gasteiger partial charge < -0.3 is 15.5 Å². The number of furan rings is 1. The number of rotatable bonds is 2. The van der Waals surface area contributed by atoms with Gasteiger partial charge in [-0.3, -0.25) is 0 Å². The second-order valence-electron chi connectivity index (χ2n) is 4.53. The lowest BCUT2D eigenvalue weighted by atomic mass is 9.97. The largest absolute Gasteiger partial charge is 0.467 e. The summed E-state index contributed by atoms with van der Waals surface area (Å²) in [6.45, 7) is 0. The van der Waals surface area contributed by atoms with E-state index in [9.17, 15) is 0 Å². The van der Waals surface area contributed by atoms with Gasteiger partial charge in [0.15, 0.2) is 5.96 Å². The normalized spacial score (nSPS) is 22.7. The first-order valence-electron chi connectivity index (χ1n) is 6.11. The van der Waals surface area contributed by atoms with Crippen LogP contribution in [-0.4, -0.2) is 5.96 Å². The standard InChI is InChI=1S/C14H14BrN3O/c15-10-4-1-3-9(7-10)11-8-12(18-14(16)17-11)13-5-2-6-19-13/h1-7,11-12H,8H2,(H3,16,17,18). The first-order valence-corrected chi connectivity index (χ1v) is 6.90. The third kappa shape index (κ3) is 2.66. The molecular formula is C14H14BrN3O. The maximum Gasteiger partial charge on any atom is 0.189 e. The average molecular weight is 320 g/mol. The van der Waals surface area contributed by atoms with Gasteiger partial charge in [0.05, 0.1) is 18.3 Å². The van der Waals surface area contributed by atoms with Gasteiger partial charge in [-0.1, -0.05) is 28.1 Å². The van der Waals surface area contributed by atoms with Crippen molar-refractivity contribution in [1.82, 2.24) is 5.32 Å². The molecule has 1 aliphatic rings. The van der Waals surface area contributed by atoms with Crippen molar-refractivity contribution in [3.05, 3.63) is 58.5 Å². The molecule has 0 saturated heterocycles. The molecule has 0 amide bonds. The van der Waals surface area contributed by atoms with Crippen LogP contribution in [0.2, 0.25) is 0 Å². The zero-order chi connectivity index (χ0) is 13.2. The van der Waals surface area contributed by atoms with E-state index in [-0.39, 0.29) is 12.1 Å². The van der Waals surface area contributed by atoms with Crippen molar-refractivity contribution in [2.75, 3.05) is 0 Å². The monoisotopic (exact) mass is 319 g/mol. The highest BCUT2D eigenvalue weighted by Crippen LogP contribution is 2.33. The summed E-state index contributed by atoms with van der Waals surface area (Å²) >= 11 is 3.48. The minimum Gasteiger partial charge on any atom is -0.467 e. The minimum absolute atomic E-state index is 0.0499. The van der Waals surface area contributed by atoms with Gasteiger partial charge in [0.25, 0.3) is 0 Å². The van der Waals surface area contributed by atoms with Gasteiger partial charge in [-0.15, -0.1) is 0 Å². The van der Waals surface area contributed by atoms with E-state index in [0.717, 1.165) is 22.2 Å². The lowest BCUT2D eigenvalue weighted by molar-refractivity contribution is 0.395. The van der Waals surface area contributed by atoms with E-state index in [1.165, 1.54) is 0 Å². The molecule has 0 saturated carbocycles. The lowest BCUT2D eigenvalue weighted by Gasteiger charge is -2.27. The van der Waals surface area contributed by atoms with Gasteiger partial charge in [-0.05, 0) is 29.8 Å². The van der Waals surface area contributed by atoms with E-state index >= 15 is 0 Å². The van der Waals surface area contributed by atoms with Crippen molar-refractivity contribution in [2.45, 2.75) is 18.5 Å². The Morgan fingerprint density at radius 1 is 1.32 bits per heavy atom. The molecule has 2 heterocycles. The Labute approximate surface area is 119 Å². The predicted octanol–water partition coefficient (Wildman–Crippen LogP) is 3.13. The molecule has 0 bridgehead atoms. The SMILES string of the molecule is NC1=NC(c2cccc(Br)c2)CC(c2ccco2)N1. The van der Waals surface area contributed by atoms with E-state index in [4.69, 9.17) is 10.2 Å². The number of nitrogens with two attached hydrogens (primary N) is 1. The fraction of sp³-hybridized carbons (Fsp3) is 0.214. The number of nitrogens with zero attached hydrogens (tertiary/aromatic N) is 1. The lowest BCUT2D eigenvalue weighted by Crippen LogP contribution is -2.39. The summed E-state index contributed by atoms with van der Waals surface area (Å²) < 4.78 is 6.49. The van der Waals surface area contributed by atoms with E-state index in [0.29, 0.717) is 5.96 Å². The molecular weight excluding hydrogens is 306 g/mol. The molecule has 1 aliphatic heterocycles. The Hall–Kier alpha value is -1.75. The number of benzene rings is 1. The van der Waals surface area contributed by atoms with Gasteiger partial charge in [-0.25, -0.2) is 4.99 Å². The van der Waals surface area contributed by atoms with Crippen molar-refractivity contribution in [3.63, 3.8) is 0 Å². The van der Waals surface area contributed by atoms with Crippen LogP contribution in [0.5, 0.6) is 0 Å². The first-order chi connectivity index (χ1) is 9.22. The highest BCUT2D eigenvalue weighted by molar-refractivity contribution is 9.10. The van der Waals surface area contributed by atoms with Crippen LogP contribution in [0.3, 0.4) is 0 Å². The Balaban J connectivity index is 1.88. The number of nitrogens with one attached hydrogen (secondary N) is 1. The summed E-state index contributed by atoms with van der Waals surface area (Å²) in [5, 5.41) is 3.16. The van der Waals surface area contributed by atoms with Crippen LogP contribution < -0.4 is 11.1 Å². The topological polar surface area (TPSA) is 63.5 Å². The summed E-state index contributed by atoms with van der Waals surface area (Å²) in [6.07, 6.45) is 2.50. The highest BCUT2D eigenvalue weighted by Gasteiger charge is 2.26. The van der Waals surface area contributed by atoms with Crippen LogP contribution in [0, 0.1) is 0 Å². The summed E-state index contributed by atoms with van der Waals surface area (Å²) in [5.74, 6) is 1.34. The molecule has 1 aromatic carbocycles. The average Bonchev–Trinajstić information content (AvgIpc) is 2.92. The van der Waals surface area contributed by atoms with Gasteiger partial charge >= 0.3 is 0 Å². The highest BCUT2D eigenvalue weighted by atomic mass is 79.9. The fourth-order valence-electron chi connectivity index (χ4n) is 2.32. The minimum atomic E-state index is 0.0499. The summed E-state index contributed by atoms with van der Waals surface area (Å²) in [4.78, 5) is 4.47. The van der Waals surface area contributed by atoms with Crippen LogP contribution in [0.15, 0.2) is 56.5 Å². The van der Waals surface area contributed by atoms with Crippen LogP contribution >= 0.6 is 15.9 Å². The first kappa shape index (κ1) is 12.3. The van der Waals surface area contributed by atoms with Crippen molar-refractivity contribution in [3.8, 4) is 0 Å². The van der Waals surface area contributed by atoms with Gasteiger partial charge in [0.2, 0.25) is 0 Å². The molecule has 3 N–H and O–H groups in total. The van der Waals surface area contributed by atoms with Crippen LogP contribution in [0.4, 0.5) is 0 Å². The smallest absolute Gasteiger partial charge is 0.189 e. The Bertz CT molecular complexity index is 594. The molecule has 3 rings (SSSR count). The summed E-state index contributed by atoms with van der Waals surface area (Å²) in [6, 6.07) is 12.1. The molecule has 5 heteroatoms. The zero-order valence-electron chi connectivity index (χ0n) is 10.2. The van der Waals surface area contributed by atoms with Crippen LogP contribution in [-0.2, 0) is 0 Å². The maximum atomic E-state index is 5.88. The molecule has 2 aromatic rings. The molecule has 98 valence electrons. The molecule has 4 nitrogen and oxygen atoms in total. The molecule has 19 heavy (non-hydrogen) atoms. The third-order valence-electron chi connectivity index (χ3n) is 3.20. The van der Waals surface area contributed by atoms with Crippen LogP contribution in [0.25, 0.3) is 0 Å². The van der Waals surface area contributed by atoms with Gasteiger partial charge in [0.1, 0.15) is 5.76 Å². The van der Waals surface area contributed by atoms with Gasteiger partial charge in [-0.2, -0.15) is 0 Å². The van der Waals surface area contributed by atoms with Gasteiger partial charge in [0, 0.05) is 10.9 Å². The molecule has 0 aliphatic carbocycles. The molecule has 2 atom stereocenters. The quantitative estimate of drug-likeness (QED) is 0.893. The van der Waals surface area contributed by atoms with E-state index in [2.05, 4.69) is 38.4 Å². The summed E-state index contributed by atoms with van der Waals surface area (Å²) in [7, 11) is 0. The fourth-order valence-corrected chi connectivity index (χ4v) is 2.74. The number of hydrogen-bond acceptors (Lipinski definition) is 4. The van der Waals surface area contributed by atoms with Crippen molar-refractivity contribution in [2.24, 2.45) is 10.7 Å². The number of hydrogen-bond donors (Lipinski definition) is 2. The van der Waals surface area contributed by atoms with Crippen LogP contribution in [0.1, 0.15) is 29.8 Å². The van der Waals surface area contributed by atoms with E-state index in [1.807, 2.05) is 24.3 Å². The summed E-state index contributed by atoms with van der Waals surface area (Å²) in [5.41, 5.74) is 7.03. The Morgan fingerprint density at radius 3 is 2.95 bits per heavy atom. The molecule has 0 fully saturated rings.